The number of pyridine rings is 1. The number of benzene rings is 1. The van der Waals surface area contributed by atoms with Gasteiger partial charge in [0.15, 0.2) is 5.11 Å². The molecule has 1 aromatic carbocycles. The zero-order valence-corrected chi connectivity index (χ0v) is 22.5. The van der Waals surface area contributed by atoms with Crippen molar-refractivity contribution in [2.24, 2.45) is 5.92 Å². The Morgan fingerprint density at radius 1 is 1.09 bits per heavy atom. The molecule has 0 amide bonds. The Morgan fingerprint density at radius 2 is 1.86 bits per heavy atom. The van der Waals surface area contributed by atoms with Gasteiger partial charge in [0, 0.05) is 42.9 Å². The first-order valence-electron chi connectivity index (χ1n) is 12.5. The van der Waals surface area contributed by atoms with Gasteiger partial charge in [-0.15, -0.1) is 0 Å². The van der Waals surface area contributed by atoms with Crippen molar-refractivity contribution in [2.45, 2.75) is 58.2 Å². The number of hydrogen-bond acceptors (Lipinski definition) is 3. The minimum absolute atomic E-state index is 0.00693. The molecule has 2 aliphatic heterocycles. The highest BCUT2D eigenvalue weighted by molar-refractivity contribution is 7.80. The molecular formula is C28H34ClN5S. The first-order valence-corrected chi connectivity index (χ1v) is 13.2. The van der Waals surface area contributed by atoms with Crippen molar-refractivity contribution in [3.63, 3.8) is 0 Å². The van der Waals surface area contributed by atoms with Crippen LogP contribution in [0.3, 0.4) is 0 Å². The van der Waals surface area contributed by atoms with Crippen LogP contribution in [0.4, 0.5) is 11.4 Å². The monoisotopic (exact) mass is 507 g/mol. The zero-order chi connectivity index (χ0) is 24.7. The first kappa shape index (κ1) is 24.1. The van der Waals surface area contributed by atoms with Gasteiger partial charge in [0.1, 0.15) is 0 Å². The molecule has 2 fully saturated rings. The molecule has 184 valence electrons. The Balaban J connectivity index is 1.53. The minimum atomic E-state index is -0.0680. The molecule has 2 aromatic heterocycles. The first-order chi connectivity index (χ1) is 16.7. The van der Waals surface area contributed by atoms with Gasteiger partial charge in [-0.3, -0.25) is 4.98 Å². The summed E-state index contributed by atoms with van der Waals surface area (Å²) in [6.45, 7) is 11.1. The summed E-state index contributed by atoms with van der Waals surface area (Å²) in [4.78, 5) is 9.27. The second-order valence-corrected chi connectivity index (χ2v) is 11.6. The maximum absolute atomic E-state index is 6.89. The Labute approximate surface area is 219 Å². The third-order valence-corrected chi connectivity index (χ3v) is 7.88. The normalized spacial score (nSPS) is 21.5. The highest BCUT2D eigenvalue weighted by Crippen LogP contribution is 2.43. The van der Waals surface area contributed by atoms with Gasteiger partial charge < -0.3 is 19.7 Å². The van der Waals surface area contributed by atoms with Gasteiger partial charge in [-0.25, -0.2) is 0 Å². The van der Waals surface area contributed by atoms with E-state index in [1.807, 2.05) is 18.3 Å². The summed E-state index contributed by atoms with van der Waals surface area (Å²) in [6.07, 6.45) is 8.63. The van der Waals surface area contributed by atoms with E-state index < -0.39 is 0 Å². The maximum Gasteiger partial charge on any atom is 0.174 e. The number of nitrogens with zero attached hydrogens (tertiary/aromatic N) is 4. The number of anilines is 2. The molecule has 0 bridgehead atoms. The summed E-state index contributed by atoms with van der Waals surface area (Å²) in [5.41, 5.74) is 4.25. The summed E-state index contributed by atoms with van der Waals surface area (Å²) in [6, 6.07) is 14.5. The van der Waals surface area contributed by atoms with Crippen molar-refractivity contribution in [1.82, 2.24) is 14.9 Å². The molecule has 2 atom stereocenters. The van der Waals surface area contributed by atoms with Gasteiger partial charge in [-0.1, -0.05) is 24.6 Å². The van der Waals surface area contributed by atoms with Gasteiger partial charge in [-0.05, 0) is 93.7 Å². The second kappa shape index (κ2) is 9.47. The van der Waals surface area contributed by atoms with Crippen LogP contribution in [-0.2, 0) is 5.54 Å². The number of rotatable bonds is 4. The summed E-state index contributed by atoms with van der Waals surface area (Å²) in [5.74, 6) is 0.780. The number of aromatic nitrogens is 2. The van der Waals surface area contributed by atoms with E-state index in [0.717, 1.165) is 41.1 Å². The molecule has 2 saturated heterocycles. The molecule has 0 radical (unpaired) electrons. The van der Waals surface area contributed by atoms with Crippen LogP contribution in [0.25, 0.3) is 0 Å². The van der Waals surface area contributed by atoms with Crippen LogP contribution >= 0.6 is 23.8 Å². The molecule has 4 heterocycles. The van der Waals surface area contributed by atoms with Crippen molar-refractivity contribution >= 4 is 40.3 Å². The quantitative estimate of drug-likeness (QED) is 0.397. The molecule has 0 saturated carbocycles. The number of halogens is 1. The van der Waals surface area contributed by atoms with Crippen LogP contribution in [0.5, 0.6) is 0 Å². The lowest BCUT2D eigenvalue weighted by atomic mass is 9.98. The molecule has 0 unspecified atom stereocenters. The van der Waals surface area contributed by atoms with Gasteiger partial charge in [0.05, 0.1) is 28.5 Å². The number of nitrogens with one attached hydrogen (secondary N) is 1. The van der Waals surface area contributed by atoms with Crippen molar-refractivity contribution in [3.05, 3.63) is 77.3 Å². The molecule has 35 heavy (non-hydrogen) atoms. The molecule has 0 spiro atoms. The average Bonchev–Trinajstić information content (AvgIpc) is 3.45. The summed E-state index contributed by atoms with van der Waals surface area (Å²) >= 11 is 12.8. The van der Waals surface area contributed by atoms with Crippen molar-refractivity contribution in [2.75, 3.05) is 22.9 Å². The molecule has 5 rings (SSSR count). The molecule has 1 N–H and O–H groups in total. The van der Waals surface area contributed by atoms with Crippen LogP contribution in [0.2, 0.25) is 5.02 Å². The van der Waals surface area contributed by atoms with E-state index in [-0.39, 0.29) is 17.6 Å². The van der Waals surface area contributed by atoms with E-state index in [4.69, 9.17) is 23.8 Å². The molecule has 3 aromatic rings. The van der Waals surface area contributed by atoms with E-state index in [9.17, 15) is 0 Å². The summed E-state index contributed by atoms with van der Waals surface area (Å²) < 4.78 is 2.25. The van der Waals surface area contributed by atoms with Gasteiger partial charge in [-0.2, -0.15) is 0 Å². The Hall–Kier alpha value is -2.57. The second-order valence-electron chi connectivity index (χ2n) is 10.8. The lowest BCUT2D eigenvalue weighted by molar-refractivity contribution is 0.397. The van der Waals surface area contributed by atoms with Gasteiger partial charge in [0.25, 0.3) is 0 Å². The van der Waals surface area contributed by atoms with Crippen LogP contribution < -0.4 is 15.1 Å². The number of piperidine rings is 1. The lowest BCUT2D eigenvalue weighted by Crippen LogP contribution is -2.33. The molecule has 5 nitrogen and oxygen atoms in total. The van der Waals surface area contributed by atoms with Crippen molar-refractivity contribution in [3.8, 4) is 0 Å². The largest absolute Gasteiger partial charge is 0.370 e. The third-order valence-electron chi connectivity index (χ3n) is 7.26. The van der Waals surface area contributed by atoms with Crippen LogP contribution in [0.15, 0.2) is 61.1 Å². The molecule has 7 heteroatoms. The lowest BCUT2D eigenvalue weighted by Gasteiger charge is -2.33. The topological polar surface area (TPSA) is 36.3 Å². The Bertz CT molecular complexity index is 1190. The third kappa shape index (κ3) is 4.78. The number of hydrogen-bond donors (Lipinski definition) is 1. The Kier molecular flexibility index (Phi) is 6.53. The van der Waals surface area contributed by atoms with Crippen LogP contribution in [-0.4, -0.2) is 27.8 Å². The van der Waals surface area contributed by atoms with Gasteiger partial charge >= 0.3 is 0 Å². The molecule has 2 aliphatic rings. The zero-order valence-electron chi connectivity index (χ0n) is 20.9. The summed E-state index contributed by atoms with van der Waals surface area (Å²) in [7, 11) is 0. The fraction of sp³-hybridized carbons (Fsp3) is 0.429. The van der Waals surface area contributed by atoms with E-state index in [0.29, 0.717) is 5.11 Å². The smallest absolute Gasteiger partial charge is 0.174 e. The van der Waals surface area contributed by atoms with Crippen LogP contribution in [0.1, 0.15) is 63.9 Å². The standard InChI is InChI=1S/C28H34ClN5S/c1-19-10-14-32(15-11-19)24-9-8-21(17-22(24)29)34-26(20-12-16-33(18-20)28(2,3)4)25(31-27(34)35)23-7-5-6-13-30-23/h5-9,12-13,16-19,25-26H,10-11,14-15H2,1-4H3,(H,31,35)/t25-,26-/m0/s1. The van der Waals surface area contributed by atoms with Gasteiger partial charge in [0.2, 0.25) is 0 Å². The highest BCUT2D eigenvalue weighted by atomic mass is 35.5. The average molecular weight is 508 g/mol. The summed E-state index contributed by atoms with van der Waals surface area (Å²) in [5, 5.41) is 5.01. The van der Waals surface area contributed by atoms with E-state index >= 15 is 0 Å². The molecular weight excluding hydrogens is 474 g/mol. The fourth-order valence-corrected chi connectivity index (χ4v) is 5.77. The molecule has 0 aliphatic carbocycles. The predicted octanol–water partition coefficient (Wildman–Crippen LogP) is 6.70. The highest BCUT2D eigenvalue weighted by Gasteiger charge is 2.41. The van der Waals surface area contributed by atoms with E-state index in [1.54, 1.807) is 0 Å². The van der Waals surface area contributed by atoms with Crippen molar-refractivity contribution in [1.29, 1.82) is 0 Å². The number of thiocarbonyl (C=S) groups is 1. The minimum Gasteiger partial charge on any atom is -0.370 e. The van der Waals surface area contributed by atoms with Crippen molar-refractivity contribution < 1.29 is 0 Å². The predicted molar refractivity (Wildman–Crippen MR) is 149 cm³/mol. The SMILES string of the molecule is CC1CCN(c2ccc(N3C(=S)N[C@@H](c4ccccn4)[C@@H]3c3ccn(C(C)(C)C)c3)cc2Cl)CC1. The Morgan fingerprint density at radius 3 is 2.49 bits per heavy atom. The van der Waals surface area contributed by atoms with E-state index in [2.05, 4.69) is 95.1 Å². The maximum atomic E-state index is 6.89. The fourth-order valence-electron chi connectivity index (χ4n) is 5.13. The van der Waals surface area contributed by atoms with E-state index in [1.165, 1.54) is 18.4 Å². The van der Waals surface area contributed by atoms with Crippen LogP contribution in [0, 0.1) is 5.92 Å².